The number of rotatable bonds is 6. The molecule has 0 radical (unpaired) electrons. The Morgan fingerprint density at radius 1 is 1.60 bits per heavy atom. The zero-order valence-electron chi connectivity index (χ0n) is 11.1. The first-order valence-corrected chi connectivity index (χ1v) is 6.63. The van der Waals surface area contributed by atoms with Crippen molar-refractivity contribution in [3.05, 3.63) is 22.7 Å². The van der Waals surface area contributed by atoms with Crippen LogP contribution in [0, 0.1) is 0 Å². The van der Waals surface area contributed by atoms with E-state index in [0.717, 1.165) is 6.42 Å². The number of anilines is 1. The van der Waals surface area contributed by atoms with Gasteiger partial charge in [0.1, 0.15) is 18.1 Å². The van der Waals surface area contributed by atoms with Crippen molar-refractivity contribution in [3.8, 4) is 0 Å². The summed E-state index contributed by atoms with van der Waals surface area (Å²) >= 11 is 0. The number of nitrogens with zero attached hydrogens (tertiary/aromatic N) is 2. The fourth-order valence-electron chi connectivity index (χ4n) is 2.10. The third-order valence-electron chi connectivity index (χ3n) is 3.21. The molecule has 1 aromatic heterocycles. The Balaban J connectivity index is 2.05. The Labute approximate surface area is 116 Å². The molecular formula is C12H20N4O4. The second-order valence-corrected chi connectivity index (χ2v) is 4.69. The van der Waals surface area contributed by atoms with E-state index < -0.39 is 24.1 Å². The van der Waals surface area contributed by atoms with Crippen LogP contribution >= 0.6 is 0 Å². The van der Waals surface area contributed by atoms with Gasteiger partial charge in [0.25, 0.3) is 0 Å². The summed E-state index contributed by atoms with van der Waals surface area (Å²) in [7, 11) is 0. The number of aliphatic hydroxyl groups excluding tert-OH is 2. The average Bonchev–Trinajstić information content (AvgIpc) is 2.80. The van der Waals surface area contributed by atoms with Gasteiger partial charge in [0, 0.05) is 19.2 Å². The second-order valence-electron chi connectivity index (χ2n) is 4.69. The molecule has 112 valence electrons. The highest BCUT2D eigenvalue weighted by atomic mass is 16.5. The van der Waals surface area contributed by atoms with Crippen LogP contribution < -0.4 is 16.7 Å². The molecule has 8 heteroatoms. The Morgan fingerprint density at radius 2 is 2.40 bits per heavy atom. The molecule has 0 bridgehead atoms. The monoisotopic (exact) mass is 284 g/mol. The summed E-state index contributed by atoms with van der Waals surface area (Å²) in [4.78, 5) is 15.8. The number of aliphatic hydroxyl groups is 2. The molecule has 1 fully saturated rings. The number of aromatic nitrogens is 2. The lowest BCUT2D eigenvalue weighted by Gasteiger charge is -2.14. The highest BCUT2D eigenvalue weighted by molar-refractivity contribution is 5.31. The fraction of sp³-hybridized carbons (Fsp3) is 0.667. The smallest absolute Gasteiger partial charge is 0.351 e. The summed E-state index contributed by atoms with van der Waals surface area (Å²) < 4.78 is 6.73. The van der Waals surface area contributed by atoms with Crippen LogP contribution in [-0.2, 0) is 4.74 Å². The molecule has 1 aliphatic rings. The first-order chi connectivity index (χ1) is 9.65. The molecule has 0 saturated carbocycles. The maximum Gasteiger partial charge on any atom is 0.351 e. The van der Waals surface area contributed by atoms with Crippen LogP contribution in [0.4, 0.5) is 5.82 Å². The van der Waals surface area contributed by atoms with Gasteiger partial charge in [-0.25, -0.2) is 4.79 Å². The number of nitrogens with two attached hydrogens (primary N) is 1. The van der Waals surface area contributed by atoms with E-state index in [1.54, 1.807) is 12.3 Å². The van der Waals surface area contributed by atoms with Crippen LogP contribution in [0.5, 0.6) is 0 Å². The van der Waals surface area contributed by atoms with Crippen molar-refractivity contribution < 1.29 is 14.9 Å². The highest BCUT2D eigenvalue weighted by Crippen LogP contribution is 2.27. The third-order valence-corrected chi connectivity index (χ3v) is 3.21. The minimum absolute atomic E-state index is 0.257. The second kappa shape index (κ2) is 6.80. The van der Waals surface area contributed by atoms with Gasteiger partial charge in [-0.2, -0.15) is 4.98 Å². The van der Waals surface area contributed by atoms with E-state index in [1.165, 1.54) is 4.57 Å². The van der Waals surface area contributed by atoms with E-state index in [-0.39, 0.29) is 13.0 Å². The third kappa shape index (κ3) is 3.34. The molecule has 8 nitrogen and oxygen atoms in total. The largest absolute Gasteiger partial charge is 0.394 e. The molecular weight excluding hydrogens is 264 g/mol. The van der Waals surface area contributed by atoms with E-state index >= 15 is 0 Å². The van der Waals surface area contributed by atoms with Crippen LogP contribution in [0.25, 0.3) is 0 Å². The SMILES string of the molecule is NCCCNc1ccn([C@H]2CC(O)[C@@H](CO)O2)c(=O)n1. The molecule has 5 N–H and O–H groups in total. The van der Waals surface area contributed by atoms with Gasteiger partial charge in [-0.05, 0) is 19.0 Å². The number of nitrogens with one attached hydrogen (secondary N) is 1. The topological polar surface area (TPSA) is 123 Å². The van der Waals surface area contributed by atoms with Gasteiger partial charge < -0.3 is 26.0 Å². The fourth-order valence-corrected chi connectivity index (χ4v) is 2.10. The minimum Gasteiger partial charge on any atom is -0.394 e. The van der Waals surface area contributed by atoms with E-state index in [9.17, 15) is 9.90 Å². The zero-order chi connectivity index (χ0) is 14.5. The van der Waals surface area contributed by atoms with Crippen molar-refractivity contribution in [2.45, 2.75) is 31.3 Å². The lowest BCUT2D eigenvalue weighted by molar-refractivity contribution is -0.0458. The van der Waals surface area contributed by atoms with Crippen molar-refractivity contribution >= 4 is 5.82 Å². The minimum atomic E-state index is -0.778. The van der Waals surface area contributed by atoms with Crippen molar-refractivity contribution in [2.24, 2.45) is 5.73 Å². The van der Waals surface area contributed by atoms with Crippen molar-refractivity contribution in [1.29, 1.82) is 0 Å². The molecule has 2 rings (SSSR count). The standard InChI is InChI=1S/C12H20N4O4/c13-3-1-4-14-10-2-5-16(12(19)15-10)11-6-8(18)9(7-17)20-11/h2,5,8-9,11,17-18H,1,3-4,6-7,13H2,(H,14,15,19)/t8?,9-,11-/m1/s1. The summed E-state index contributed by atoms with van der Waals surface area (Å²) in [5.41, 5.74) is 4.92. The van der Waals surface area contributed by atoms with E-state index in [4.69, 9.17) is 15.6 Å². The van der Waals surface area contributed by atoms with Crippen LogP contribution in [0.1, 0.15) is 19.1 Å². The van der Waals surface area contributed by atoms with Gasteiger partial charge >= 0.3 is 5.69 Å². The van der Waals surface area contributed by atoms with Gasteiger partial charge in [-0.15, -0.1) is 0 Å². The lowest BCUT2D eigenvalue weighted by Crippen LogP contribution is -2.28. The molecule has 3 atom stereocenters. The van der Waals surface area contributed by atoms with Crippen LogP contribution in [0.3, 0.4) is 0 Å². The van der Waals surface area contributed by atoms with Gasteiger partial charge in [-0.1, -0.05) is 0 Å². The van der Waals surface area contributed by atoms with Gasteiger partial charge in [0.15, 0.2) is 0 Å². The normalized spacial score (nSPS) is 25.9. The predicted octanol–water partition coefficient (Wildman–Crippen LogP) is -1.36. The van der Waals surface area contributed by atoms with Crippen molar-refractivity contribution in [1.82, 2.24) is 9.55 Å². The summed E-state index contributed by atoms with van der Waals surface area (Å²) in [6, 6.07) is 1.67. The molecule has 1 unspecified atom stereocenters. The molecule has 1 aromatic rings. The Kier molecular flexibility index (Phi) is 5.07. The first kappa shape index (κ1) is 14.9. The number of ether oxygens (including phenoxy) is 1. The first-order valence-electron chi connectivity index (χ1n) is 6.63. The maximum absolute atomic E-state index is 11.9. The Hall–Kier alpha value is -1.48. The number of hydrogen-bond acceptors (Lipinski definition) is 7. The predicted molar refractivity (Wildman–Crippen MR) is 72.3 cm³/mol. The lowest BCUT2D eigenvalue weighted by atomic mass is 10.2. The molecule has 20 heavy (non-hydrogen) atoms. The van der Waals surface area contributed by atoms with Crippen molar-refractivity contribution in [2.75, 3.05) is 25.0 Å². The van der Waals surface area contributed by atoms with Crippen LogP contribution in [0.2, 0.25) is 0 Å². The average molecular weight is 284 g/mol. The van der Waals surface area contributed by atoms with E-state index in [1.807, 2.05) is 0 Å². The van der Waals surface area contributed by atoms with E-state index in [0.29, 0.717) is 18.9 Å². The Bertz CT molecular complexity index is 493. The molecule has 0 amide bonds. The zero-order valence-corrected chi connectivity index (χ0v) is 11.1. The molecule has 0 aliphatic carbocycles. The van der Waals surface area contributed by atoms with Crippen molar-refractivity contribution in [3.63, 3.8) is 0 Å². The molecule has 1 aliphatic heterocycles. The summed E-state index contributed by atoms with van der Waals surface area (Å²) in [6.45, 7) is 0.942. The van der Waals surface area contributed by atoms with Gasteiger partial charge in [0.05, 0.1) is 12.7 Å². The molecule has 0 spiro atoms. The van der Waals surface area contributed by atoms with E-state index in [2.05, 4.69) is 10.3 Å². The number of hydrogen-bond donors (Lipinski definition) is 4. The Morgan fingerprint density at radius 3 is 3.00 bits per heavy atom. The molecule has 0 aromatic carbocycles. The molecule has 1 saturated heterocycles. The maximum atomic E-state index is 11.9. The highest BCUT2D eigenvalue weighted by Gasteiger charge is 2.34. The van der Waals surface area contributed by atoms with Gasteiger partial charge in [-0.3, -0.25) is 4.57 Å². The van der Waals surface area contributed by atoms with Crippen LogP contribution in [0.15, 0.2) is 17.1 Å². The van der Waals surface area contributed by atoms with Gasteiger partial charge in [0.2, 0.25) is 0 Å². The summed E-state index contributed by atoms with van der Waals surface area (Å²) in [6.07, 6.45) is 0.582. The van der Waals surface area contributed by atoms with Crippen LogP contribution in [-0.4, -0.2) is 51.7 Å². The molecule has 2 heterocycles. The summed E-state index contributed by atoms with van der Waals surface area (Å²) in [5, 5.41) is 21.7. The quantitative estimate of drug-likeness (QED) is 0.476. The summed E-state index contributed by atoms with van der Waals surface area (Å²) in [5.74, 6) is 0.483.